The summed E-state index contributed by atoms with van der Waals surface area (Å²) in [6.07, 6.45) is -12.9. The Bertz CT molecular complexity index is 380. The summed E-state index contributed by atoms with van der Waals surface area (Å²) in [6, 6.07) is 0. The third kappa shape index (κ3) is 3.66. The molecule has 2 heterocycles. The van der Waals surface area contributed by atoms with Crippen LogP contribution in [0.2, 0.25) is 0 Å². The van der Waals surface area contributed by atoms with Crippen LogP contribution in [-0.4, -0.2) is 106 Å². The number of hydrogen-bond donors (Lipinski definition) is 6. The van der Waals surface area contributed by atoms with Gasteiger partial charge in [-0.2, -0.15) is 0 Å². The van der Waals surface area contributed by atoms with Crippen LogP contribution in [0.3, 0.4) is 0 Å². The molecule has 2 aliphatic heterocycles. The minimum absolute atomic E-state index is 0.532. The van der Waals surface area contributed by atoms with Gasteiger partial charge in [0.05, 0.1) is 12.7 Å². The Labute approximate surface area is 132 Å². The average Bonchev–Trinajstić information content (AvgIpc) is 2.54. The van der Waals surface area contributed by atoms with Crippen molar-refractivity contribution >= 4 is 0 Å². The van der Waals surface area contributed by atoms with E-state index in [1.165, 1.54) is 14.0 Å². The van der Waals surface area contributed by atoms with Crippen LogP contribution in [0.15, 0.2) is 0 Å². The SMILES string of the molecule is COC1OC(CO)C(O)C(O)C1OC1OC(C)C(O)C(O)C1O. The summed E-state index contributed by atoms with van der Waals surface area (Å²) in [5.41, 5.74) is 0. The third-order valence-corrected chi connectivity index (χ3v) is 4.16. The Morgan fingerprint density at radius 2 is 1.48 bits per heavy atom. The minimum Gasteiger partial charge on any atom is -0.394 e. The fraction of sp³-hybridized carbons (Fsp3) is 1.00. The van der Waals surface area contributed by atoms with Crippen LogP contribution in [-0.2, 0) is 18.9 Å². The van der Waals surface area contributed by atoms with Crippen LogP contribution in [0.1, 0.15) is 6.92 Å². The van der Waals surface area contributed by atoms with Crippen LogP contribution in [0.4, 0.5) is 0 Å². The zero-order valence-corrected chi connectivity index (χ0v) is 12.8. The van der Waals surface area contributed by atoms with E-state index in [2.05, 4.69) is 0 Å². The first-order chi connectivity index (χ1) is 10.8. The van der Waals surface area contributed by atoms with E-state index in [9.17, 15) is 25.5 Å². The molecule has 23 heavy (non-hydrogen) atoms. The first kappa shape index (κ1) is 18.9. The lowest BCUT2D eigenvalue weighted by Crippen LogP contribution is -2.64. The highest BCUT2D eigenvalue weighted by atomic mass is 16.8. The smallest absolute Gasteiger partial charge is 0.187 e. The molecule has 0 bridgehead atoms. The van der Waals surface area contributed by atoms with Crippen molar-refractivity contribution in [1.82, 2.24) is 0 Å². The van der Waals surface area contributed by atoms with E-state index in [0.29, 0.717) is 0 Å². The highest BCUT2D eigenvalue weighted by Gasteiger charge is 2.49. The summed E-state index contributed by atoms with van der Waals surface area (Å²) in [7, 11) is 1.28. The minimum atomic E-state index is -1.57. The molecule has 2 rings (SSSR count). The van der Waals surface area contributed by atoms with E-state index in [4.69, 9.17) is 24.1 Å². The Balaban J connectivity index is 2.10. The van der Waals surface area contributed by atoms with E-state index in [-0.39, 0.29) is 0 Å². The number of rotatable bonds is 4. The predicted octanol–water partition coefficient (Wildman–Crippen LogP) is -3.72. The summed E-state index contributed by atoms with van der Waals surface area (Å²) in [4.78, 5) is 0. The van der Waals surface area contributed by atoms with Gasteiger partial charge in [0.2, 0.25) is 0 Å². The van der Waals surface area contributed by atoms with Crippen molar-refractivity contribution in [3.8, 4) is 0 Å². The molecule has 10 heteroatoms. The molecule has 136 valence electrons. The third-order valence-electron chi connectivity index (χ3n) is 4.16. The molecule has 0 aliphatic carbocycles. The van der Waals surface area contributed by atoms with Gasteiger partial charge in [-0.3, -0.25) is 0 Å². The van der Waals surface area contributed by atoms with E-state index < -0.39 is 68.0 Å². The maximum atomic E-state index is 10.1. The Morgan fingerprint density at radius 3 is 2.04 bits per heavy atom. The van der Waals surface area contributed by atoms with Crippen LogP contribution in [0.5, 0.6) is 0 Å². The molecule has 0 aromatic carbocycles. The molecule has 0 radical (unpaired) electrons. The molecule has 0 aromatic heterocycles. The number of ether oxygens (including phenoxy) is 4. The van der Waals surface area contributed by atoms with Gasteiger partial charge in [-0.1, -0.05) is 0 Å². The van der Waals surface area contributed by atoms with Gasteiger partial charge in [-0.25, -0.2) is 0 Å². The lowest BCUT2D eigenvalue weighted by atomic mass is 9.97. The van der Waals surface area contributed by atoms with Gasteiger partial charge in [0.15, 0.2) is 12.6 Å². The standard InChI is InChI=1S/C13H24O10/c1-4-6(15)8(17)10(19)12(21-4)23-11-9(18)7(16)5(3-14)22-13(11)20-2/h4-19H,3H2,1-2H3. The molecule has 0 saturated carbocycles. The average molecular weight is 340 g/mol. The topological polar surface area (TPSA) is 158 Å². The fourth-order valence-electron chi connectivity index (χ4n) is 2.67. The Morgan fingerprint density at radius 1 is 0.826 bits per heavy atom. The molecule has 0 amide bonds. The summed E-state index contributed by atoms with van der Waals surface area (Å²) in [5, 5.41) is 58.5. The van der Waals surface area contributed by atoms with E-state index in [0.717, 1.165) is 0 Å². The van der Waals surface area contributed by atoms with Crippen LogP contribution >= 0.6 is 0 Å². The Hall–Kier alpha value is -0.400. The first-order valence-corrected chi connectivity index (χ1v) is 7.32. The fourth-order valence-corrected chi connectivity index (χ4v) is 2.67. The normalized spacial score (nSPS) is 51.7. The summed E-state index contributed by atoms with van der Waals surface area (Å²) in [6.45, 7) is 0.948. The van der Waals surface area contributed by atoms with Crippen molar-refractivity contribution in [3.05, 3.63) is 0 Å². The molecule has 10 unspecified atom stereocenters. The molecule has 0 aromatic rings. The second-order valence-corrected chi connectivity index (χ2v) is 5.72. The van der Waals surface area contributed by atoms with Crippen molar-refractivity contribution in [2.45, 2.75) is 68.3 Å². The van der Waals surface area contributed by atoms with Gasteiger partial charge in [0, 0.05) is 7.11 Å². The Kier molecular flexibility index (Phi) is 6.30. The molecule has 10 nitrogen and oxygen atoms in total. The quantitative estimate of drug-likeness (QED) is 0.300. The van der Waals surface area contributed by atoms with Gasteiger partial charge in [0.25, 0.3) is 0 Å². The summed E-state index contributed by atoms with van der Waals surface area (Å²) >= 11 is 0. The number of aliphatic hydroxyl groups excluding tert-OH is 6. The summed E-state index contributed by atoms with van der Waals surface area (Å²) in [5.74, 6) is 0. The van der Waals surface area contributed by atoms with Crippen molar-refractivity contribution in [1.29, 1.82) is 0 Å². The van der Waals surface area contributed by atoms with E-state index in [1.807, 2.05) is 0 Å². The van der Waals surface area contributed by atoms with Crippen molar-refractivity contribution in [2.24, 2.45) is 0 Å². The first-order valence-electron chi connectivity index (χ1n) is 7.32. The van der Waals surface area contributed by atoms with Gasteiger partial charge in [-0.05, 0) is 6.92 Å². The van der Waals surface area contributed by atoms with Gasteiger partial charge >= 0.3 is 0 Å². The van der Waals surface area contributed by atoms with Gasteiger partial charge < -0.3 is 49.6 Å². The molecule has 0 spiro atoms. The second-order valence-electron chi connectivity index (χ2n) is 5.72. The molecular formula is C13H24O10. The lowest BCUT2D eigenvalue weighted by molar-refractivity contribution is -0.361. The van der Waals surface area contributed by atoms with Crippen LogP contribution in [0.25, 0.3) is 0 Å². The van der Waals surface area contributed by atoms with Crippen LogP contribution < -0.4 is 0 Å². The predicted molar refractivity (Wildman–Crippen MR) is 72.0 cm³/mol. The summed E-state index contributed by atoms with van der Waals surface area (Å²) < 4.78 is 21.0. The van der Waals surface area contributed by atoms with Crippen molar-refractivity contribution in [3.63, 3.8) is 0 Å². The highest BCUT2D eigenvalue weighted by molar-refractivity contribution is 4.92. The lowest BCUT2D eigenvalue weighted by Gasteiger charge is -2.45. The second kappa shape index (κ2) is 7.66. The number of methoxy groups -OCH3 is 1. The maximum Gasteiger partial charge on any atom is 0.187 e. The molecule has 10 atom stereocenters. The van der Waals surface area contributed by atoms with Gasteiger partial charge in [-0.15, -0.1) is 0 Å². The molecule has 2 fully saturated rings. The molecule has 2 aliphatic rings. The highest BCUT2D eigenvalue weighted by Crippen LogP contribution is 2.29. The molecule has 6 N–H and O–H groups in total. The van der Waals surface area contributed by atoms with Crippen LogP contribution in [0, 0.1) is 0 Å². The number of aliphatic hydroxyl groups is 6. The van der Waals surface area contributed by atoms with E-state index in [1.54, 1.807) is 0 Å². The monoisotopic (exact) mass is 340 g/mol. The van der Waals surface area contributed by atoms with Gasteiger partial charge in [0.1, 0.15) is 42.7 Å². The zero-order valence-electron chi connectivity index (χ0n) is 12.8. The molecular weight excluding hydrogens is 316 g/mol. The maximum absolute atomic E-state index is 10.1. The number of hydrogen-bond acceptors (Lipinski definition) is 10. The zero-order chi connectivity index (χ0) is 17.3. The van der Waals surface area contributed by atoms with E-state index >= 15 is 0 Å². The van der Waals surface area contributed by atoms with Crippen molar-refractivity contribution < 1.29 is 49.6 Å². The van der Waals surface area contributed by atoms with Crippen molar-refractivity contribution in [2.75, 3.05) is 13.7 Å². The molecule has 2 saturated heterocycles. The largest absolute Gasteiger partial charge is 0.394 e.